The standard InChI is InChI=1S/C10H12N2O2/c11-4-3-9(12)8-5-7(6-13)1-2-10(8)14/h1-2,5,9,13-14H,3,6,12H2/t9-/m1/s1. The highest BCUT2D eigenvalue weighted by Gasteiger charge is 2.10. The van der Waals surface area contributed by atoms with Crippen LogP contribution in [-0.4, -0.2) is 10.2 Å². The van der Waals surface area contributed by atoms with Crippen LogP contribution >= 0.6 is 0 Å². The van der Waals surface area contributed by atoms with Crippen molar-refractivity contribution >= 4 is 0 Å². The number of aromatic hydroxyl groups is 1. The summed E-state index contributed by atoms with van der Waals surface area (Å²) in [5, 5.41) is 26.8. The molecule has 74 valence electrons. The van der Waals surface area contributed by atoms with Gasteiger partial charge in [0.15, 0.2) is 0 Å². The van der Waals surface area contributed by atoms with E-state index in [0.717, 1.165) is 0 Å². The molecule has 1 aromatic rings. The minimum Gasteiger partial charge on any atom is -0.508 e. The fourth-order valence-electron chi connectivity index (χ4n) is 1.21. The number of nitriles is 1. The van der Waals surface area contributed by atoms with Gasteiger partial charge in [0.25, 0.3) is 0 Å². The molecule has 0 aliphatic heterocycles. The van der Waals surface area contributed by atoms with Gasteiger partial charge in [-0.2, -0.15) is 5.26 Å². The topological polar surface area (TPSA) is 90.3 Å². The largest absolute Gasteiger partial charge is 0.508 e. The molecule has 14 heavy (non-hydrogen) atoms. The van der Waals surface area contributed by atoms with Crippen LogP contribution in [0.4, 0.5) is 0 Å². The van der Waals surface area contributed by atoms with Crippen molar-refractivity contribution in [3.8, 4) is 11.8 Å². The number of aliphatic hydroxyl groups is 1. The third-order valence-corrected chi connectivity index (χ3v) is 1.99. The van der Waals surface area contributed by atoms with Crippen LogP contribution in [0.1, 0.15) is 23.6 Å². The van der Waals surface area contributed by atoms with Crippen LogP contribution in [0.25, 0.3) is 0 Å². The van der Waals surface area contributed by atoms with Gasteiger partial charge in [-0.05, 0) is 17.7 Å². The highest BCUT2D eigenvalue weighted by Crippen LogP contribution is 2.25. The Morgan fingerprint density at radius 3 is 2.79 bits per heavy atom. The molecule has 0 bridgehead atoms. The highest BCUT2D eigenvalue weighted by atomic mass is 16.3. The molecule has 0 aliphatic rings. The number of phenols is 1. The molecule has 0 amide bonds. The van der Waals surface area contributed by atoms with Gasteiger partial charge in [-0.15, -0.1) is 0 Å². The fourth-order valence-corrected chi connectivity index (χ4v) is 1.21. The normalized spacial score (nSPS) is 12.1. The molecule has 0 saturated carbocycles. The molecule has 0 unspecified atom stereocenters. The van der Waals surface area contributed by atoms with E-state index in [1.54, 1.807) is 12.1 Å². The predicted molar refractivity (Wildman–Crippen MR) is 51.2 cm³/mol. The van der Waals surface area contributed by atoms with Gasteiger partial charge in [0.1, 0.15) is 5.75 Å². The summed E-state index contributed by atoms with van der Waals surface area (Å²) in [6.45, 7) is -0.105. The summed E-state index contributed by atoms with van der Waals surface area (Å²) in [7, 11) is 0. The first-order valence-corrected chi connectivity index (χ1v) is 4.24. The van der Waals surface area contributed by atoms with Gasteiger partial charge in [0.2, 0.25) is 0 Å². The average Bonchev–Trinajstić information content (AvgIpc) is 2.19. The van der Waals surface area contributed by atoms with Crippen LogP contribution in [0.3, 0.4) is 0 Å². The Labute approximate surface area is 82.2 Å². The van der Waals surface area contributed by atoms with Gasteiger partial charge in [-0.3, -0.25) is 0 Å². The second kappa shape index (κ2) is 4.61. The number of phenolic OH excluding ortho intramolecular Hbond substituents is 1. The van der Waals surface area contributed by atoms with Crippen molar-refractivity contribution in [3.63, 3.8) is 0 Å². The van der Waals surface area contributed by atoms with Gasteiger partial charge in [-0.1, -0.05) is 6.07 Å². The van der Waals surface area contributed by atoms with Crippen LogP contribution in [0.2, 0.25) is 0 Å². The maximum absolute atomic E-state index is 9.46. The molecule has 4 heteroatoms. The number of aliphatic hydroxyl groups excluding tert-OH is 1. The SMILES string of the molecule is N#CC[C@@H](N)c1cc(CO)ccc1O. The van der Waals surface area contributed by atoms with E-state index in [0.29, 0.717) is 11.1 Å². The van der Waals surface area contributed by atoms with Crippen molar-refractivity contribution in [3.05, 3.63) is 29.3 Å². The number of benzene rings is 1. The van der Waals surface area contributed by atoms with Gasteiger partial charge < -0.3 is 15.9 Å². The Hall–Kier alpha value is -1.57. The van der Waals surface area contributed by atoms with Crippen molar-refractivity contribution in [2.24, 2.45) is 5.73 Å². The van der Waals surface area contributed by atoms with Gasteiger partial charge in [0.05, 0.1) is 19.1 Å². The molecule has 1 aromatic carbocycles. The van der Waals surface area contributed by atoms with Gasteiger partial charge in [0, 0.05) is 11.6 Å². The number of nitrogens with two attached hydrogens (primary N) is 1. The Balaban J connectivity index is 3.00. The van der Waals surface area contributed by atoms with Crippen LogP contribution in [0.5, 0.6) is 5.75 Å². The molecule has 0 radical (unpaired) electrons. The second-order valence-corrected chi connectivity index (χ2v) is 3.02. The number of hydrogen-bond acceptors (Lipinski definition) is 4. The molecule has 0 spiro atoms. The van der Waals surface area contributed by atoms with E-state index in [1.807, 2.05) is 6.07 Å². The minimum absolute atomic E-state index is 0.0601. The monoisotopic (exact) mass is 192 g/mol. The lowest BCUT2D eigenvalue weighted by Crippen LogP contribution is -2.09. The smallest absolute Gasteiger partial charge is 0.120 e. The lowest BCUT2D eigenvalue weighted by atomic mass is 10.0. The van der Waals surface area contributed by atoms with E-state index >= 15 is 0 Å². The Morgan fingerprint density at radius 2 is 2.21 bits per heavy atom. The molecule has 0 fully saturated rings. The summed E-state index contributed by atoms with van der Waals surface area (Å²) < 4.78 is 0. The fraction of sp³-hybridized carbons (Fsp3) is 0.300. The van der Waals surface area contributed by atoms with Gasteiger partial charge in [-0.25, -0.2) is 0 Å². The zero-order chi connectivity index (χ0) is 10.6. The van der Waals surface area contributed by atoms with E-state index in [9.17, 15) is 5.11 Å². The van der Waals surface area contributed by atoms with Crippen LogP contribution in [0, 0.1) is 11.3 Å². The molecule has 4 nitrogen and oxygen atoms in total. The summed E-state index contributed by atoms with van der Waals surface area (Å²) in [4.78, 5) is 0. The summed E-state index contributed by atoms with van der Waals surface area (Å²) >= 11 is 0. The number of rotatable bonds is 3. The van der Waals surface area contributed by atoms with Crippen molar-refractivity contribution in [2.45, 2.75) is 19.1 Å². The lowest BCUT2D eigenvalue weighted by molar-refractivity contribution is 0.281. The maximum atomic E-state index is 9.46. The quantitative estimate of drug-likeness (QED) is 0.660. The van der Waals surface area contributed by atoms with Crippen LogP contribution < -0.4 is 5.73 Å². The first-order chi connectivity index (χ1) is 6.69. The van der Waals surface area contributed by atoms with Crippen LogP contribution in [0.15, 0.2) is 18.2 Å². The van der Waals surface area contributed by atoms with Crippen molar-refractivity contribution < 1.29 is 10.2 Å². The summed E-state index contributed by atoms with van der Waals surface area (Å²) in [5.74, 6) is 0.0601. The average molecular weight is 192 g/mol. The van der Waals surface area contributed by atoms with Crippen molar-refractivity contribution in [2.75, 3.05) is 0 Å². The first kappa shape index (κ1) is 10.5. The summed E-state index contributed by atoms with van der Waals surface area (Å²) in [6, 6.07) is 6.11. The number of hydrogen-bond donors (Lipinski definition) is 3. The van der Waals surface area contributed by atoms with E-state index < -0.39 is 6.04 Å². The molecule has 0 saturated heterocycles. The Kier molecular flexibility index (Phi) is 3.46. The van der Waals surface area contributed by atoms with E-state index in [1.165, 1.54) is 6.07 Å². The summed E-state index contributed by atoms with van der Waals surface area (Å²) in [6.07, 6.45) is 0.141. The highest BCUT2D eigenvalue weighted by molar-refractivity contribution is 5.38. The minimum atomic E-state index is -0.508. The molecule has 1 rings (SSSR count). The molecular weight excluding hydrogens is 180 g/mol. The van der Waals surface area contributed by atoms with Crippen molar-refractivity contribution in [1.29, 1.82) is 5.26 Å². The van der Waals surface area contributed by atoms with E-state index in [2.05, 4.69) is 0 Å². The van der Waals surface area contributed by atoms with E-state index in [4.69, 9.17) is 16.1 Å². The third kappa shape index (κ3) is 2.22. The lowest BCUT2D eigenvalue weighted by Gasteiger charge is -2.11. The zero-order valence-electron chi connectivity index (χ0n) is 7.64. The molecular formula is C10H12N2O2. The molecule has 4 N–H and O–H groups in total. The van der Waals surface area contributed by atoms with Crippen LogP contribution in [-0.2, 0) is 6.61 Å². The first-order valence-electron chi connectivity index (χ1n) is 4.24. The summed E-state index contributed by atoms with van der Waals surface area (Å²) in [5.41, 5.74) is 6.84. The predicted octanol–water partition coefficient (Wildman–Crippen LogP) is 0.798. The van der Waals surface area contributed by atoms with E-state index in [-0.39, 0.29) is 18.8 Å². The Morgan fingerprint density at radius 1 is 1.50 bits per heavy atom. The second-order valence-electron chi connectivity index (χ2n) is 3.02. The van der Waals surface area contributed by atoms with Crippen molar-refractivity contribution in [1.82, 2.24) is 0 Å². The third-order valence-electron chi connectivity index (χ3n) is 1.99. The molecule has 0 aromatic heterocycles. The zero-order valence-corrected chi connectivity index (χ0v) is 7.64. The Bertz CT molecular complexity index is 358. The molecule has 0 heterocycles. The van der Waals surface area contributed by atoms with Gasteiger partial charge >= 0.3 is 0 Å². The molecule has 0 aliphatic carbocycles. The molecule has 1 atom stereocenters. The number of nitrogens with zero attached hydrogens (tertiary/aromatic N) is 1. The maximum Gasteiger partial charge on any atom is 0.120 e.